The van der Waals surface area contributed by atoms with Crippen molar-refractivity contribution in [2.45, 2.75) is 6.61 Å². The van der Waals surface area contributed by atoms with E-state index < -0.39 is 0 Å². The molecule has 1 aromatic heterocycles. The summed E-state index contributed by atoms with van der Waals surface area (Å²) in [6.07, 6.45) is 0. The fraction of sp³-hybridized carbons (Fsp3) is 0.182. The van der Waals surface area contributed by atoms with Gasteiger partial charge in [0.2, 0.25) is 0 Å². The first kappa shape index (κ1) is 8.20. The lowest BCUT2D eigenvalue weighted by atomic mass is 10.2. The average Bonchev–Trinajstić information content (AvgIpc) is 2.18. The maximum Gasteiger partial charge on any atom is 0.0884 e. The molecule has 0 N–H and O–H groups in total. The van der Waals surface area contributed by atoms with Gasteiger partial charge in [0.05, 0.1) is 17.8 Å². The van der Waals surface area contributed by atoms with Crippen LogP contribution in [0, 0.1) is 0 Å². The predicted octanol–water partition coefficient (Wildman–Crippen LogP) is 2.38. The number of hydrogen-bond donors (Lipinski definition) is 0. The molecule has 1 heterocycles. The summed E-state index contributed by atoms with van der Waals surface area (Å²) in [4.78, 5) is 4.44. The number of hydrogen-bond acceptors (Lipinski definition) is 2. The van der Waals surface area contributed by atoms with Gasteiger partial charge in [0.25, 0.3) is 0 Å². The number of benzene rings is 1. The van der Waals surface area contributed by atoms with Gasteiger partial charge in [-0.2, -0.15) is 0 Å². The number of nitrogens with zero attached hydrogens (tertiary/aromatic N) is 1. The molecule has 0 unspecified atom stereocenters. The Bertz CT molecular complexity index is 412. The van der Waals surface area contributed by atoms with Crippen molar-refractivity contribution >= 4 is 10.9 Å². The van der Waals surface area contributed by atoms with E-state index >= 15 is 0 Å². The van der Waals surface area contributed by atoms with Crippen LogP contribution in [0.4, 0.5) is 0 Å². The highest BCUT2D eigenvalue weighted by Crippen LogP contribution is 2.11. The molecule has 0 spiro atoms. The molecule has 0 radical (unpaired) electrons. The second-order valence-electron chi connectivity index (χ2n) is 2.93. The largest absolute Gasteiger partial charge is 0.378 e. The molecule has 0 saturated carbocycles. The van der Waals surface area contributed by atoms with Crippen molar-refractivity contribution in [3.63, 3.8) is 0 Å². The lowest BCUT2D eigenvalue weighted by Crippen LogP contribution is -1.91. The molecule has 2 heteroatoms. The Morgan fingerprint density at radius 3 is 2.85 bits per heavy atom. The SMILES string of the molecule is COCc1ccc2ccccc2n1. The highest BCUT2D eigenvalue weighted by atomic mass is 16.5. The van der Waals surface area contributed by atoms with Crippen LogP contribution in [0.25, 0.3) is 10.9 Å². The van der Waals surface area contributed by atoms with E-state index in [1.807, 2.05) is 24.3 Å². The lowest BCUT2D eigenvalue weighted by Gasteiger charge is -2.00. The van der Waals surface area contributed by atoms with Crippen LogP contribution in [0.3, 0.4) is 0 Å². The van der Waals surface area contributed by atoms with Crippen LogP contribution in [0.2, 0.25) is 0 Å². The van der Waals surface area contributed by atoms with E-state index in [1.165, 1.54) is 5.39 Å². The molecule has 2 rings (SSSR count). The normalized spacial score (nSPS) is 10.5. The number of methoxy groups -OCH3 is 1. The van der Waals surface area contributed by atoms with Gasteiger partial charge in [-0.1, -0.05) is 24.3 Å². The van der Waals surface area contributed by atoms with E-state index in [-0.39, 0.29) is 0 Å². The summed E-state index contributed by atoms with van der Waals surface area (Å²) < 4.78 is 5.01. The number of rotatable bonds is 2. The third-order valence-electron chi connectivity index (χ3n) is 1.95. The number of ether oxygens (including phenoxy) is 1. The first-order valence-electron chi connectivity index (χ1n) is 4.24. The van der Waals surface area contributed by atoms with Gasteiger partial charge >= 0.3 is 0 Å². The average molecular weight is 173 g/mol. The van der Waals surface area contributed by atoms with Crippen molar-refractivity contribution in [2.24, 2.45) is 0 Å². The Morgan fingerprint density at radius 1 is 1.15 bits per heavy atom. The third-order valence-corrected chi connectivity index (χ3v) is 1.95. The summed E-state index contributed by atoms with van der Waals surface area (Å²) in [5.41, 5.74) is 2.00. The number of pyridine rings is 1. The van der Waals surface area contributed by atoms with Gasteiger partial charge in [-0.3, -0.25) is 4.98 Å². The molecule has 0 amide bonds. The van der Waals surface area contributed by atoms with Crippen LogP contribution in [0.5, 0.6) is 0 Å². The van der Waals surface area contributed by atoms with Crippen molar-refractivity contribution in [3.05, 3.63) is 42.1 Å². The number of para-hydroxylation sites is 1. The molecule has 0 aliphatic carbocycles. The van der Waals surface area contributed by atoms with E-state index in [0.29, 0.717) is 6.61 Å². The van der Waals surface area contributed by atoms with Crippen LogP contribution in [-0.4, -0.2) is 12.1 Å². The summed E-state index contributed by atoms with van der Waals surface area (Å²) in [7, 11) is 1.68. The first-order valence-corrected chi connectivity index (χ1v) is 4.24. The Labute approximate surface area is 77.2 Å². The minimum atomic E-state index is 0.574. The number of fused-ring (bicyclic) bond motifs is 1. The maximum atomic E-state index is 5.01. The van der Waals surface area contributed by atoms with E-state index in [4.69, 9.17) is 4.74 Å². The van der Waals surface area contributed by atoms with E-state index in [2.05, 4.69) is 17.1 Å². The highest BCUT2D eigenvalue weighted by molar-refractivity contribution is 5.78. The van der Waals surface area contributed by atoms with Crippen molar-refractivity contribution in [3.8, 4) is 0 Å². The third kappa shape index (κ3) is 1.68. The fourth-order valence-corrected chi connectivity index (χ4v) is 1.34. The second-order valence-corrected chi connectivity index (χ2v) is 2.93. The molecule has 0 saturated heterocycles. The molecule has 0 bridgehead atoms. The van der Waals surface area contributed by atoms with Gasteiger partial charge in [-0.15, -0.1) is 0 Å². The van der Waals surface area contributed by atoms with Crippen molar-refractivity contribution in [1.82, 2.24) is 4.98 Å². The summed E-state index contributed by atoms with van der Waals surface area (Å²) in [5.74, 6) is 0. The molecular formula is C11H11NO. The zero-order valence-corrected chi connectivity index (χ0v) is 7.53. The molecule has 2 aromatic rings. The van der Waals surface area contributed by atoms with E-state index in [0.717, 1.165) is 11.2 Å². The quantitative estimate of drug-likeness (QED) is 0.695. The summed E-state index contributed by atoms with van der Waals surface area (Å²) in [5, 5.41) is 1.17. The minimum Gasteiger partial charge on any atom is -0.378 e. The lowest BCUT2D eigenvalue weighted by molar-refractivity contribution is 0.182. The van der Waals surface area contributed by atoms with Gasteiger partial charge < -0.3 is 4.74 Å². The monoisotopic (exact) mass is 173 g/mol. The summed E-state index contributed by atoms with van der Waals surface area (Å²) in [6, 6.07) is 12.1. The number of aromatic nitrogens is 1. The standard InChI is InChI=1S/C11H11NO/c1-13-8-10-7-6-9-4-2-3-5-11(9)12-10/h2-7H,8H2,1H3. The molecule has 0 fully saturated rings. The second kappa shape index (κ2) is 3.54. The van der Waals surface area contributed by atoms with Crippen molar-refractivity contribution in [1.29, 1.82) is 0 Å². The van der Waals surface area contributed by atoms with Crippen LogP contribution in [0.1, 0.15) is 5.69 Å². The smallest absolute Gasteiger partial charge is 0.0884 e. The minimum absolute atomic E-state index is 0.574. The van der Waals surface area contributed by atoms with Gasteiger partial charge in [0.15, 0.2) is 0 Å². The predicted molar refractivity (Wildman–Crippen MR) is 52.5 cm³/mol. The van der Waals surface area contributed by atoms with Gasteiger partial charge in [0, 0.05) is 12.5 Å². The Kier molecular flexibility index (Phi) is 2.23. The van der Waals surface area contributed by atoms with Gasteiger partial charge in [-0.05, 0) is 12.1 Å². The maximum absolute atomic E-state index is 5.01. The fourth-order valence-electron chi connectivity index (χ4n) is 1.34. The highest BCUT2D eigenvalue weighted by Gasteiger charge is 1.95. The van der Waals surface area contributed by atoms with E-state index in [9.17, 15) is 0 Å². The molecule has 2 nitrogen and oxygen atoms in total. The molecule has 13 heavy (non-hydrogen) atoms. The topological polar surface area (TPSA) is 22.1 Å². The molecular weight excluding hydrogens is 162 g/mol. The van der Waals surface area contributed by atoms with Crippen LogP contribution < -0.4 is 0 Å². The van der Waals surface area contributed by atoms with Crippen molar-refractivity contribution in [2.75, 3.05) is 7.11 Å². The van der Waals surface area contributed by atoms with E-state index in [1.54, 1.807) is 7.11 Å². The summed E-state index contributed by atoms with van der Waals surface area (Å²) in [6.45, 7) is 0.574. The Balaban J connectivity index is 2.49. The summed E-state index contributed by atoms with van der Waals surface area (Å²) >= 11 is 0. The molecule has 0 aliphatic rings. The van der Waals surface area contributed by atoms with Crippen LogP contribution in [0.15, 0.2) is 36.4 Å². The molecule has 0 aliphatic heterocycles. The molecule has 1 aromatic carbocycles. The first-order chi connectivity index (χ1) is 6.40. The van der Waals surface area contributed by atoms with Gasteiger partial charge in [-0.25, -0.2) is 0 Å². The van der Waals surface area contributed by atoms with Gasteiger partial charge in [0.1, 0.15) is 0 Å². The Hall–Kier alpha value is -1.41. The Morgan fingerprint density at radius 2 is 2.00 bits per heavy atom. The van der Waals surface area contributed by atoms with Crippen LogP contribution in [-0.2, 0) is 11.3 Å². The molecule has 66 valence electrons. The molecule has 0 atom stereocenters. The zero-order chi connectivity index (χ0) is 9.10. The zero-order valence-electron chi connectivity index (χ0n) is 7.53. The van der Waals surface area contributed by atoms with Crippen LogP contribution >= 0.6 is 0 Å². The van der Waals surface area contributed by atoms with Crippen molar-refractivity contribution < 1.29 is 4.74 Å².